The standard InChI is InChI=1S/C14H20BrN3.2ClH/c15-14-12(2-1-5-17-14)13(10-11-3-4-11)18-8-6-16-7-9-18;;/h1-2,5,11,13,16H,3-4,6-10H2;2*1H/t13-;;/m1../s1. The second-order valence-corrected chi connectivity index (χ2v) is 6.12. The maximum Gasteiger partial charge on any atom is 0.110 e. The number of aromatic nitrogens is 1. The van der Waals surface area contributed by atoms with Crippen molar-refractivity contribution in [3.63, 3.8) is 0 Å². The number of pyridine rings is 1. The van der Waals surface area contributed by atoms with E-state index in [4.69, 9.17) is 0 Å². The monoisotopic (exact) mass is 381 g/mol. The lowest BCUT2D eigenvalue weighted by molar-refractivity contribution is 0.159. The molecule has 1 aromatic rings. The summed E-state index contributed by atoms with van der Waals surface area (Å²) in [5.41, 5.74) is 1.37. The first kappa shape index (κ1) is 18.2. The van der Waals surface area contributed by atoms with Crippen molar-refractivity contribution in [3.05, 3.63) is 28.5 Å². The van der Waals surface area contributed by atoms with Gasteiger partial charge in [0.25, 0.3) is 0 Å². The number of nitrogens with zero attached hydrogens (tertiary/aromatic N) is 2. The smallest absolute Gasteiger partial charge is 0.110 e. The largest absolute Gasteiger partial charge is 0.314 e. The van der Waals surface area contributed by atoms with Crippen LogP contribution in [-0.4, -0.2) is 36.1 Å². The SMILES string of the molecule is Brc1ncccc1[C@@H](CC1CC1)N1CCNCC1.Cl.Cl. The molecule has 1 saturated heterocycles. The van der Waals surface area contributed by atoms with Crippen molar-refractivity contribution in [3.8, 4) is 0 Å². The second-order valence-electron chi connectivity index (χ2n) is 5.36. The van der Waals surface area contributed by atoms with Crippen molar-refractivity contribution in [2.75, 3.05) is 26.2 Å². The predicted molar refractivity (Wildman–Crippen MR) is 91.0 cm³/mol. The van der Waals surface area contributed by atoms with Crippen LogP contribution >= 0.6 is 40.7 Å². The first-order valence-electron chi connectivity index (χ1n) is 6.90. The van der Waals surface area contributed by atoms with E-state index in [1.54, 1.807) is 0 Å². The molecule has 0 spiro atoms. The predicted octanol–water partition coefficient (Wildman–Crippen LogP) is 3.43. The van der Waals surface area contributed by atoms with Gasteiger partial charge in [0.15, 0.2) is 0 Å². The molecular weight excluding hydrogens is 361 g/mol. The zero-order chi connectivity index (χ0) is 12.4. The highest BCUT2D eigenvalue weighted by Gasteiger charge is 2.31. The van der Waals surface area contributed by atoms with Gasteiger partial charge in [-0.15, -0.1) is 24.8 Å². The molecular formula is C14H22BrCl2N3. The van der Waals surface area contributed by atoms with E-state index >= 15 is 0 Å². The van der Waals surface area contributed by atoms with Crippen LogP contribution in [0, 0.1) is 5.92 Å². The van der Waals surface area contributed by atoms with Gasteiger partial charge in [-0.3, -0.25) is 4.90 Å². The van der Waals surface area contributed by atoms with Crippen molar-refractivity contribution < 1.29 is 0 Å². The van der Waals surface area contributed by atoms with Gasteiger partial charge in [-0.2, -0.15) is 0 Å². The fourth-order valence-corrected chi connectivity index (χ4v) is 3.30. The number of rotatable bonds is 4. The van der Waals surface area contributed by atoms with Crippen molar-refractivity contribution in [1.82, 2.24) is 15.2 Å². The third-order valence-corrected chi connectivity index (χ3v) is 4.66. The van der Waals surface area contributed by atoms with Gasteiger partial charge in [0.1, 0.15) is 4.60 Å². The molecule has 3 nitrogen and oxygen atoms in total. The molecule has 6 heteroatoms. The molecule has 0 bridgehead atoms. The number of piperazine rings is 1. The summed E-state index contributed by atoms with van der Waals surface area (Å²) in [6, 6.07) is 4.83. The lowest BCUT2D eigenvalue weighted by Gasteiger charge is -2.35. The van der Waals surface area contributed by atoms with Crippen LogP contribution in [0.4, 0.5) is 0 Å². The fourth-order valence-electron chi connectivity index (χ4n) is 2.78. The first-order chi connectivity index (χ1) is 8.84. The molecule has 2 aliphatic rings. The summed E-state index contributed by atoms with van der Waals surface area (Å²) in [7, 11) is 0. The molecule has 2 fully saturated rings. The highest BCUT2D eigenvalue weighted by atomic mass is 79.9. The molecule has 0 amide bonds. The zero-order valence-corrected chi connectivity index (χ0v) is 14.6. The first-order valence-corrected chi connectivity index (χ1v) is 7.69. The van der Waals surface area contributed by atoms with E-state index in [-0.39, 0.29) is 24.8 Å². The van der Waals surface area contributed by atoms with Crippen LogP contribution in [0.1, 0.15) is 30.9 Å². The molecule has 0 radical (unpaired) electrons. The Hall–Kier alpha value is 0.130. The molecule has 1 atom stereocenters. The van der Waals surface area contributed by atoms with E-state index in [2.05, 4.69) is 43.3 Å². The molecule has 1 saturated carbocycles. The molecule has 1 aromatic heterocycles. The van der Waals surface area contributed by atoms with Gasteiger partial charge in [-0.1, -0.05) is 18.9 Å². The Balaban J connectivity index is 0.000001000. The van der Waals surface area contributed by atoms with Gasteiger partial charge in [0.05, 0.1) is 0 Å². The molecule has 1 aliphatic carbocycles. The minimum absolute atomic E-state index is 0. The van der Waals surface area contributed by atoms with E-state index < -0.39 is 0 Å². The summed E-state index contributed by atoms with van der Waals surface area (Å²) in [6.45, 7) is 4.52. The summed E-state index contributed by atoms with van der Waals surface area (Å²) in [5.74, 6) is 0.942. The van der Waals surface area contributed by atoms with Crippen LogP contribution in [0.25, 0.3) is 0 Å². The van der Waals surface area contributed by atoms with E-state index in [1.807, 2.05) is 6.20 Å². The van der Waals surface area contributed by atoms with Crippen LogP contribution in [0.2, 0.25) is 0 Å². The molecule has 3 rings (SSSR count). The van der Waals surface area contributed by atoms with Crippen molar-refractivity contribution >= 4 is 40.7 Å². The molecule has 2 heterocycles. The Morgan fingerprint density at radius 2 is 2.00 bits per heavy atom. The van der Waals surface area contributed by atoms with Crippen LogP contribution in [0.5, 0.6) is 0 Å². The Morgan fingerprint density at radius 3 is 2.60 bits per heavy atom. The molecule has 114 valence electrons. The Bertz CT molecular complexity index is 409. The summed E-state index contributed by atoms with van der Waals surface area (Å²) in [5, 5.41) is 3.44. The molecule has 0 unspecified atom stereocenters. The average Bonchev–Trinajstić information content (AvgIpc) is 3.22. The highest BCUT2D eigenvalue weighted by molar-refractivity contribution is 9.10. The second kappa shape index (κ2) is 8.54. The highest BCUT2D eigenvalue weighted by Crippen LogP contribution is 2.41. The van der Waals surface area contributed by atoms with E-state index in [9.17, 15) is 0 Å². The Morgan fingerprint density at radius 1 is 1.30 bits per heavy atom. The lowest BCUT2D eigenvalue weighted by atomic mass is 10.0. The topological polar surface area (TPSA) is 28.2 Å². The summed E-state index contributed by atoms with van der Waals surface area (Å²) >= 11 is 3.62. The van der Waals surface area contributed by atoms with Crippen LogP contribution in [0.15, 0.2) is 22.9 Å². The minimum atomic E-state index is 0. The maximum atomic E-state index is 4.40. The summed E-state index contributed by atoms with van der Waals surface area (Å²) in [4.78, 5) is 7.02. The number of nitrogens with one attached hydrogen (secondary N) is 1. The van der Waals surface area contributed by atoms with Gasteiger partial charge in [0.2, 0.25) is 0 Å². The Labute approximate surface area is 141 Å². The average molecular weight is 383 g/mol. The van der Waals surface area contributed by atoms with Crippen LogP contribution in [0.3, 0.4) is 0 Å². The van der Waals surface area contributed by atoms with Gasteiger partial charge in [0, 0.05) is 44.0 Å². The van der Waals surface area contributed by atoms with Crippen molar-refractivity contribution in [2.24, 2.45) is 5.92 Å². The fraction of sp³-hybridized carbons (Fsp3) is 0.643. The van der Waals surface area contributed by atoms with Crippen molar-refractivity contribution in [2.45, 2.75) is 25.3 Å². The molecule has 1 N–H and O–H groups in total. The third kappa shape index (κ3) is 4.57. The summed E-state index contributed by atoms with van der Waals surface area (Å²) in [6.07, 6.45) is 5.99. The van der Waals surface area contributed by atoms with Crippen LogP contribution < -0.4 is 5.32 Å². The number of halogens is 3. The molecule has 1 aliphatic heterocycles. The number of hydrogen-bond acceptors (Lipinski definition) is 3. The van der Waals surface area contributed by atoms with Gasteiger partial charge in [-0.25, -0.2) is 4.98 Å². The normalized spacial score (nSPS) is 20.6. The van der Waals surface area contributed by atoms with E-state index in [0.29, 0.717) is 6.04 Å². The van der Waals surface area contributed by atoms with E-state index in [0.717, 1.165) is 36.7 Å². The van der Waals surface area contributed by atoms with Crippen molar-refractivity contribution in [1.29, 1.82) is 0 Å². The maximum absolute atomic E-state index is 4.40. The van der Waals surface area contributed by atoms with E-state index in [1.165, 1.54) is 24.8 Å². The quantitative estimate of drug-likeness (QED) is 0.808. The van der Waals surface area contributed by atoms with Gasteiger partial charge in [-0.05, 0) is 34.3 Å². The van der Waals surface area contributed by atoms with Gasteiger partial charge >= 0.3 is 0 Å². The molecule has 0 aromatic carbocycles. The molecule has 20 heavy (non-hydrogen) atoms. The lowest BCUT2D eigenvalue weighted by Crippen LogP contribution is -2.45. The Kier molecular flexibility index (Phi) is 7.77. The zero-order valence-electron chi connectivity index (χ0n) is 11.4. The number of hydrogen-bond donors (Lipinski definition) is 1. The van der Waals surface area contributed by atoms with Crippen LogP contribution in [-0.2, 0) is 0 Å². The van der Waals surface area contributed by atoms with Gasteiger partial charge < -0.3 is 5.32 Å². The third-order valence-electron chi connectivity index (χ3n) is 3.99. The summed E-state index contributed by atoms with van der Waals surface area (Å²) < 4.78 is 1.02. The minimum Gasteiger partial charge on any atom is -0.314 e.